The summed E-state index contributed by atoms with van der Waals surface area (Å²) in [6, 6.07) is 10.9. The van der Waals surface area contributed by atoms with E-state index in [1.165, 1.54) is 6.21 Å². The summed E-state index contributed by atoms with van der Waals surface area (Å²) in [7, 11) is 0. The lowest BCUT2D eigenvalue weighted by Gasteiger charge is -2.05. The normalized spacial score (nSPS) is 11.3. The SMILES string of the molecule is Cc1nnn(-c2nonc2N)c1C(=O)N/N=C/c1c(O)ccc2ccccc12. The number of hydrogen-bond acceptors (Lipinski definition) is 9. The van der Waals surface area contributed by atoms with Gasteiger partial charge in [0.1, 0.15) is 5.75 Å². The summed E-state index contributed by atoms with van der Waals surface area (Å²) in [5.41, 5.74) is 8.92. The van der Waals surface area contributed by atoms with Gasteiger partial charge in [0.25, 0.3) is 5.91 Å². The number of carbonyl (C=O) groups is 1. The van der Waals surface area contributed by atoms with E-state index in [2.05, 4.69) is 35.8 Å². The molecule has 4 rings (SSSR count). The topological polar surface area (TPSA) is 157 Å². The molecule has 2 aromatic heterocycles. The van der Waals surface area contributed by atoms with Crippen LogP contribution in [0.2, 0.25) is 0 Å². The molecule has 2 aromatic carbocycles. The first-order valence-electron chi connectivity index (χ1n) is 8.11. The molecule has 1 amide bonds. The van der Waals surface area contributed by atoms with Crippen molar-refractivity contribution in [2.24, 2.45) is 5.10 Å². The summed E-state index contributed by atoms with van der Waals surface area (Å²) >= 11 is 0. The lowest BCUT2D eigenvalue weighted by Crippen LogP contribution is -2.22. The van der Waals surface area contributed by atoms with Gasteiger partial charge in [0.15, 0.2) is 5.69 Å². The molecule has 0 aliphatic heterocycles. The lowest BCUT2D eigenvalue weighted by molar-refractivity contribution is 0.0946. The Morgan fingerprint density at radius 3 is 2.89 bits per heavy atom. The van der Waals surface area contributed by atoms with Gasteiger partial charge in [-0.25, -0.2) is 10.1 Å². The number of phenolic OH excluding ortho intramolecular Hbond substituents is 1. The number of nitrogens with one attached hydrogen (secondary N) is 1. The number of benzene rings is 2. The fraction of sp³-hybridized carbons (Fsp3) is 0.0588. The molecule has 11 heteroatoms. The van der Waals surface area contributed by atoms with Crippen LogP contribution in [-0.2, 0) is 0 Å². The van der Waals surface area contributed by atoms with E-state index in [1.807, 2.05) is 24.3 Å². The van der Waals surface area contributed by atoms with E-state index < -0.39 is 5.91 Å². The Labute approximate surface area is 157 Å². The first-order chi connectivity index (χ1) is 13.6. The van der Waals surface area contributed by atoms with E-state index in [9.17, 15) is 9.90 Å². The molecule has 0 radical (unpaired) electrons. The number of phenols is 1. The molecule has 0 aliphatic rings. The standard InChI is InChI=1S/C17H14N8O3/c1-9-14(25(24-20-9)16-15(18)22-28-23-16)17(27)21-19-8-12-11-5-3-2-4-10(11)6-7-13(12)26/h2-8,26H,1H3,(H2,18,22)(H,21,27)/b19-8+. The predicted molar refractivity (Wildman–Crippen MR) is 99.0 cm³/mol. The quantitative estimate of drug-likeness (QED) is 0.353. The van der Waals surface area contributed by atoms with Gasteiger partial charge in [0, 0.05) is 5.56 Å². The van der Waals surface area contributed by atoms with Crippen LogP contribution in [0.1, 0.15) is 21.7 Å². The van der Waals surface area contributed by atoms with Crippen LogP contribution in [0.3, 0.4) is 0 Å². The fourth-order valence-corrected chi connectivity index (χ4v) is 2.73. The van der Waals surface area contributed by atoms with Crippen molar-refractivity contribution in [2.45, 2.75) is 6.92 Å². The van der Waals surface area contributed by atoms with E-state index in [0.29, 0.717) is 11.3 Å². The van der Waals surface area contributed by atoms with Crippen LogP contribution in [0.15, 0.2) is 46.1 Å². The van der Waals surface area contributed by atoms with Gasteiger partial charge in [0.05, 0.1) is 11.9 Å². The third-order valence-corrected chi connectivity index (χ3v) is 4.06. The van der Waals surface area contributed by atoms with E-state index >= 15 is 0 Å². The fourth-order valence-electron chi connectivity index (χ4n) is 2.73. The van der Waals surface area contributed by atoms with Crippen LogP contribution in [0.25, 0.3) is 16.6 Å². The van der Waals surface area contributed by atoms with E-state index in [1.54, 1.807) is 19.1 Å². The van der Waals surface area contributed by atoms with Crippen LogP contribution in [0.4, 0.5) is 5.82 Å². The number of aromatic nitrogens is 5. The molecular formula is C17H14N8O3. The number of nitrogen functional groups attached to an aromatic ring is 1. The lowest BCUT2D eigenvalue weighted by atomic mass is 10.0. The summed E-state index contributed by atoms with van der Waals surface area (Å²) in [5, 5.41) is 30.6. The third-order valence-electron chi connectivity index (χ3n) is 4.06. The van der Waals surface area contributed by atoms with Crippen molar-refractivity contribution in [2.75, 3.05) is 5.73 Å². The van der Waals surface area contributed by atoms with Crippen molar-refractivity contribution in [3.8, 4) is 11.6 Å². The molecule has 4 aromatic rings. The zero-order valence-electron chi connectivity index (χ0n) is 14.6. The molecule has 2 heterocycles. The average molecular weight is 378 g/mol. The smallest absolute Gasteiger partial charge is 0.292 e. The van der Waals surface area contributed by atoms with E-state index in [0.717, 1.165) is 15.5 Å². The van der Waals surface area contributed by atoms with Gasteiger partial charge in [-0.15, -0.1) is 5.10 Å². The van der Waals surface area contributed by atoms with Crippen LogP contribution >= 0.6 is 0 Å². The zero-order chi connectivity index (χ0) is 19.7. The van der Waals surface area contributed by atoms with Gasteiger partial charge < -0.3 is 10.8 Å². The highest BCUT2D eigenvalue weighted by molar-refractivity contribution is 6.03. The first kappa shape index (κ1) is 17.1. The number of hydrazone groups is 1. The van der Waals surface area contributed by atoms with Crippen LogP contribution in [0, 0.1) is 6.92 Å². The number of nitrogens with two attached hydrogens (primary N) is 1. The Morgan fingerprint density at radius 2 is 2.11 bits per heavy atom. The number of fused-ring (bicyclic) bond motifs is 1. The second kappa shape index (κ2) is 6.79. The number of nitrogens with zero attached hydrogens (tertiary/aromatic N) is 6. The maximum Gasteiger partial charge on any atom is 0.292 e. The van der Waals surface area contributed by atoms with Gasteiger partial charge in [-0.05, 0) is 34.1 Å². The van der Waals surface area contributed by atoms with Crippen molar-refractivity contribution in [3.05, 3.63) is 53.3 Å². The average Bonchev–Trinajstić information content (AvgIpc) is 3.28. The molecule has 0 aliphatic carbocycles. The maximum atomic E-state index is 12.6. The molecule has 0 spiro atoms. The van der Waals surface area contributed by atoms with Crippen molar-refractivity contribution in [1.82, 2.24) is 30.7 Å². The van der Waals surface area contributed by atoms with Crippen LogP contribution in [-0.4, -0.2) is 42.5 Å². The summed E-state index contributed by atoms with van der Waals surface area (Å²) in [6.45, 7) is 1.60. The molecule has 28 heavy (non-hydrogen) atoms. The monoisotopic (exact) mass is 378 g/mol. The largest absolute Gasteiger partial charge is 0.507 e. The molecule has 0 atom stereocenters. The van der Waals surface area contributed by atoms with Crippen molar-refractivity contribution in [1.29, 1.82) is 0 Å². The zero-order valence-corrected chi connectivity index (χ0v) is 14.6. The molecule has 11 nitrogen and oxygen atoms in total. The number of rotatable bonds is 4. The number of amides is 1. The Bertz CT molecular complexity index is 1210. The molecule has 0 saturated carbocycles. The van der Waals surface area contributed by atoms with Gasteiger partial charge >= 0.3 is 0 Å². The van der Waals surface area contributed by atoms with Crippen molar-refractivity contribution >= 4 is 28.7 Å². The summed E-state index contributed by atoms with van der Waals surface area (Å²) in [4.78, 5) is 12.6. The second-order valence-electron chi connectivity index (χ2n) is 5.83. The summed E-state index contributed by atoms with van der Waals surface area (Å²) in [5.74, 6) is -0.550. The molecule has 0 unspecified atom stereocenters. The molecule has 4 N–H and O–H groups in total. The minimum absolute atomic E-state index is 0.0388. The highest BCUT2D eigenvalue weighted by atomic mass is 16.6. The summed E-state index contributed by atoms with van der Waals surface area (Å²) < 4.78 is 5.65. The van der Waals surface area contributed by atoms with E-state index in [4.69, 9.17) is 5.73 Å². The highest BCUT2D eigenvalue weighted by Crippen LogP contribution is 2.25. The second-order valence-corrected chi connectivity index (χ2v) is 5.83. The van der Waals surface area contributed by atoms with Gasteiger partial charge in [-0.3, -0.25) is 4.79 Å². The van der Waals surface area contributed by atoms with Gasteiger partial charge in [-0.1, -0.05) is 35.5 Å². The third kappa shape index (κ3) is 2.90. The highest BCUT2D eigenvalue weighted by Gasteiger charge is 2.22. The number of aromatic hydroxyl groups is 1. The van der Waals surface area contributed by atoms with Gasteiger partial charge in [-0.2, -0.15) is 9.78 Å². The first-order valence-corrected chi connectivity index (χ1v) is 8.11. The van der Waals surface area contributed by atoms with E-state index in [-0.39, 0.29) is 23.1 Å². The molecule has 0 bridgehead atoms. The molecule has 0 saturated heterocycles. The maximum absolute atomic E-state index is 12.6. The Kier molecular flexibility index (Phi) is 4.16. The van der Waals surface area contributed by atoms with Crippen molar-refractivity contribution in [3.63, 3.8) is 0 Å². The predicted octanol–water partition coefficient (Wildman–Crippen LogP) is 1.16. The Morgan fingerprint density at radius 1 is 1.29 bits per heavy atom. The number of hydrogen-bond donors (Lipinski definition) is 3. The number of carbonyl (C=O) groups excluding carboxylic acids is 1. The number of anilines is 1. The summed E-state index contributed by atoms with van der Waals surface area (Å²) in [6.07, 6.45) is 1.37. The Hall–Kier alpha value is -4.28. The van der Waals surface area contributed by atoms with Gasteiger partial charge in [0.2, 0.25) is 11.6 Å². The van der Waals surface area contributed by atoms with Crippen LogP contribution in [0.5, 0.6) is 5.75 Å². The molecule has 140 valence electrons. The minimum atomic E-state index is -0.596. The van der Waals surface area contributed by atoms with Crippen LogP contribution < -0.4 is 11.2 Å². The molecule has 0 fully saturated rings. The number of aryl methyl sites for hydroxylation is 1. The Balaban J connectivity index is 1.62. The molecular weight excluding hydrogens is 364 g/mol. The van der Waals surface area contributed by atoms with Crippen molar-refractivity contribution < 1.29 is 14.5 Å². The minimum Gasteiger partial charge on any atom is -0.507 e.